The molecule has 0 unspecified atom stereocenters. The average molecular weight is 436 g/mol. The zero-order chi connectivity index (χ0) is 21.2. The maximum atomic E-state index is 11.4. The van der Waals surface area contributed by atoms with Crippen molar-refractivity contribution in [3.63, 3.8) is 0 Å². The first-order valence-electron chi connectivity index (χ1n) is 10.4. The quantitative estimate of drug-likeness (QED) is 0.269. The molecule has 0 bridgehead atoms. The van der Waals surface area contributed by atoms with Crippen LogP contribution in [-0.2, 0) is 0 Å². The third-order valence-electron chi connectivity index (χ3n) is 5.81. The number of nitro groups is 1. The number of ether oxygens (including phenoxy) is 2. The van der Waals surface area contributed by atoms with E-state index in [0.717, 1.165) is 11.3 Å². The summed E-state index contributed by atoms with van der Waals surface area (Å²) in [7, 11) is 0. The standard InChI is InChI=1S/C23H21N3O4S/c27-26(28)20-11-22-21(29-14-30-22)10-18(20)12-24-23-25-19(13-31-23)17-8-6-16(7-9-17)15-4-2-1-3-5-15/h6-13,15H,1-5,14H2. The first-order chi connectivity index (χ1) is 15.2. The maximum absolute atomic E-state index is 11.4. The van der Waals surface area contributed by atoms with Crippen LogP contribution in [0, 0.1) is 10.1 Å². The van der Waals surface area contributed by atoms with E-state index in [-0.39, 0.29) is 12.5 Å². The molecule has 31 heavy (non-hydrogen) atoms. The summed E-state index contributed by atoms with van der Waals surface area (Å²) in [5.74, 6) is 1.53. The van der Waals surface area contributed by atoms with E-state index in [0.29, 0.717) is 28.1 Å². The molecule has 1 aromatic heterocycles. The molecule has 2 aliphatic rings. The van der Waals surface area contributed by atoms with Gasteiger partial charge in [-0.1, -0.05) is 43.5 Å². The monoisotopic (exact) mass is 435 g/mol. The molecule has 1 saturated carbocycles. The van der Waals surface area contributed by atoms with Crippen molar-refractivity contribution in [2.45, 2.75) is 38.0 Å². The fraction of sp³-hybridized carbons (Fsp3) is 0.304. The molecule has 0 radical (unpaired) electrons. The Morgan fingerprint density at radius 2 is 1.84 bits per heavy atom. The second-order valence-electron chi connectivity index (χ2n) is 7.75. The predicted molar refractivity (Wildman–Crippen MR) is 120 cm³/mol. The smallest absolute Gasteiger partial charge is 0.282 e. The van der Waals surface area contributed by atoms with Crippen molar-refractivity contribution in [1.29, 1.82) is 0 Å². The molecular weight excluding hydrogens is 414 g/mol. The van der Waals surface area contributed by atoms with Crippen LogP contribution < -0.4 is 9.47 Å². The number of aromatic nitrogens is 1. The number of hydrogen-bond donors (Lipinski definition) is 0. The van der Waals surface area contributed by atoms with Crippen molar-refractivity contribution in [1.82, 2.24) is 4.98 Å². The SMILES string of the molecule is O=[N+]([O-])c1cc2c(cc1C=Nc1nc(-c3ccc(C4CCCCC4)cc3)cs1)OCO2. The number of aliphatic imine (C=N–C) groups is 1. The molecule has 0 atom stereocenters. The van der Waals surface area contributed by atoms with E-state index in [4.69, 9.17) is 9.47 Å². The van der Waals surface area contributed by atoms with Crippen LogP contribution in [0.1, 0.15) is 49.1 Å². The molecule has 158 valence electrons. The van der Waals surface area contributed by atoms with Crippen LogP contribution in [0.15, 0.2) is 46.8 Å². The lowest BCUT2D eigenvalue weighted by atomic mass is 9.84. The summed E-state index contributed by atoms with van der Waals surface area (Å²) in [6, 6.07) is 11.6. The maximum Gasteiger partial charge on any atom is 0.282 e. The molecule has 3 aromatic rings. The Labute approximate surface area is 183 Å². The van der Waals surface area contributed by atoms with Crippen molar-refractivity contribution in [3.8, 4) is 22.8 Å². The largest absolute Gasteiger partial charge is 0.454 e. The van der Waals surface area contributed by atoms with Gasteiger partial charge in [0.2, 0.25) is 11.9 Å². The van der Waals surface area contributed by atoms with Crippen molar-refractivity contribution in [2.75, 3.05) is 6.79 Å². The van der Waals surface area contributed by atoms with Crippen LogP contribution in [0.5, 0.6) is 11.5 Å². The normalized spacial score (nSPS) is 16.1. The lowest BCUT2D eigenvalue weighted by Crippen LogP contribution is -2.04. The molecule has 0 N–H and O–H groups in total. The molecule has 7 nitrogen and oxygen atoms in total. The molecule has 5 rings (SSSR count). The molecule has 0 spiro atoms. The fourth-order valence-electron chi connectivity index (χ4n) is 4.15. The topological polar surface area (TPSA) is 86.9 Å². The summed E-state index contributed by atoms with van der Waals surface area (Å²) in [6.45, 7) is 0.0580. The molecule has 2 heterocycles. The molecule has 0 saturated heterocycles. The molecule has 8 heteroatoms. The van der Waals surface area contributed by atoms with Gasteiger partial charge in [-0.05, 0) is 30.4 Å². The Balaban J connectivity index is 1.34. The summed E-state index contributed by atoms with van der Waals surface area (Å²) in [4.78, 5) is 19.9. The molecule has 1 aliphatic heterocycles. The first-order valence-corrected chi connectivity index (χ1v) is 11.2. The Morgan fingerprint density at radius 3 is 2.58 bits per heavy atom. The number of benzene rings is 2. The van der Waals surface area contributed by atoms with Crippen molar-refractivity contribution in [3.05, 3.63) is 63.0 Å². The van der Waals surface area contributed by atoms with Gasteiger partial charge in [0.15, 0.2) is 11.5 Å². The summed E-state index contributed by atoms with van der Waals surface area (Å²) in [5, 5.41) is 13.9. The van der Waals surface area contributed by atoms with E-state index in [1.165, 1.54) is 61.3 Å². The number of thiazole rings is 1. The van der Waals surface area contributed by atoms with E-state index in [1.54, 1.807) is 6.07 Å². The second kappa shape index (κ2) is 8.47. The van der Waals surface area contributed by atoms with Crippen LogP contribution in [-0.4, -0.2) is 22.9 Å². The lowest BCUT2D eigenvalue weighted by molar-refractivity contribution is -0.385. The minimum absolute atomic E-state index is 0.0580. The van der Waals surface area contributed by atoms with Crippen molar-refractivity contribution < 1.29 is 14.4 Å². The minimum atomic E-state index is -0.454. The van der Waals surface area contributed by atoms with Gasteiger partial charge in [0, 0.05) is 17.2 Å². The van der Waals surface area contributed by atoms with Crippen LogP contribution in [0.2, 0.25) is 0 Å². The van der Waals surface area contributed by atoms with Gasteiger partial charge in [0.1, 0.15) is 0 Å². The van der Waals surface area contributed by atoms with Gasteiger partial charge in [-0.25, -0.2) is 9.98 Å². The lowest BCUT2D eigenvalue weighted by Gasteiger charge is -2.22. The first kappa shape index (κ1) is 19.7. The van der Waals surface area contributed by atoms with Crippen LogP contribution >= 0.6 is 11.3 Å². The highest BCUT2D eigenvalue weighted by Gasteiger charge is 2.22. The Hall–Kier alpha value is -3.26. The summed E-state index contributed by atoms with van der Waals surface area (Å²) >= 11 is 1.40. The van der Waals surface area contributed by atoms with Gasteiger partial charge >= 0.3 is 0 Å². The molecule has 2 aromatic carbocycles. The van der Waals surface area contributed by atoms with Crippen LogP contribution in [0.3, 0.4) is 0 Å². The van der Waals surface area contributed by atoms with E-state index >= 15 is 0 Å². The highest BCUT2D eigenvalue weighted by atomic mass is 32.1. The summed E-state index contributed by atoms with van der Waals surface area (Å²) in [6.07, 6.45) is 8.01. The number of nitrogens with zero attached hydrogens (tertiary/aromatic N) is 3. The number of rotatable bonds is 5. The summed E-state index contributed by atoms with van der Waals surface area (Å²) < 4.78 is 10.5. The minimum Gasteiger partial charge on any atom is -0.454 e. The highest BCUT2D eigenvalue weighted by Crippen LogP contribution is 2.38. The number of nitro benzene ring substituents is 1. The zero-order valence-corrected chi connectivity index (χ0v) is 17.6. The third kappa shape index (κ3) is 4.16. The van der Waals surface area contributed by atoms with E-state index in [1.807, 2.05) is 5.38 Å². The highest BCUT2D eigenvalue weighted by molar-refractivity contribution is 7.13. The summed E-state index contributed by atoms with van der Waals surface area (Å²) in [5.41, 5.74) is 3.58. The second-order valence-corrected chi connectivity index (χ2v) is 8.59. The zero-order valence-electron chi connectivity index (χ0n) is 16.8. The van der Waals surface area contributed by atoms with Gasteiger partial charge in [0.25, 0.3) is 5.69 Å². The average Bonchev–Trinajstić information content (AvgIpc) is 3.47. The van der Waals surface area contributed by atoms with Crippen LogP contribution in [0.25, 0.3) is 11.3 Å². The fourth-order valence-corrected chi connectivity index (χ4v) is 4.82. The van der Waals surface area contributed by atoms with E-state index in [9.17, 15) is 10.1 Å². The predicted octanol–water partition coefficient (Wildman–Crippen LogP) is 6.25. The number of fused-ring (bicyclic) bond motifs is 1. The van der Waals surface area contributed by atoms with Crippen molar-refractivity contribution >= 4 is 28.4 Å². The molecule has 0 amide bonds. The number of hydrogen-bond acceptors (Lipinski definition) is 7. The molecule has 1 fully saturated rings. The molecule has 1 aliphatic carbocycles. The Kier molecular flexibility index (Phi) is 5.38. The van der Waals surface area contributed by atoms with E-state index < -0.39 is 4.92 Å². The van der Waals surface area contributed by atoms with Gasteiger partial charge in [0.05, 0.1) is 22.2 Å². The Morgan fingerprint density at radius 1 is 1.10 bits per heavy atom. The van der Waals surface area contributed by atoms with Gasteiger partial charge in [-0.2, -0.15) is 0 Å². The van der Waals surface area contributed by atoms with Gasteiger partial charge < -0.3 is 9.47 Å². The van der Waals surface area contributed by atoms with Gasteiger partial charge in [-0.15, -0.1) is 11.3 Å². The van der Waals surface area contributed by atoms with Crippen LogP contribution in [0.4, 0.5) is 10.8 Å². The molecular formula is C23H21N3O4S. The third-order valence-corrected chi connectivity index (χ3v) is 6.56. The Bertz CT molecular complexity index is 1130. The van der Waals surface area contributed by atoms with Gasteiger partial charge in [-0.3, -0.25) is 10.1 Å². The van der Waals surface area contributed by atoms with E-state index in [2.05, 4.69) is 34.2 Å². The van der Waals surface area contributed by atoms with Crippen molar-refractivity contribution in [2.24, 2.45) is 4.99 Å².